The first-order valence-corrected chi connectivity index (χ1v) is 5.59. The fraction of sp³-hybridized carbons (Fsp3) is 0.636. The summed E-state index contributed by atoms with van der Waals surface area (Å²) in [6.45, 7) is 2.85. The van der Waals surface area contributed by atoms with Crippen LogP contribution in [0.4, 0.5) is 0 Å². The molecule has 0 aliphatic carbocycles. The second kappa shape index (κ2) is 4.46. The number of amides is 1. The molecule has 6 heteroatoms. The highest BCUT2D eigenvalue weighted by Gasteiger charge is 2.32. The molecule has 0 spiro atoms. The van der Waals surface area contributed by atoms with E-state index in [9.17, 15) is 9.90 Å². The summed E-state index contributed by atoms with van der Waals surface area (Å²) in [4.78, 5) is 11.9. The predicted octanol–water partition coefficient (Wildman–Crippen LogP) is -0.390. The summed E-state index contributed by atoms with van der Waals surface area (Å²) in [7, 11) is 1.78. The van der Waals surface area contributed by atoms with Gasteiger partial charge in [-0.3, -0.25) is 9.48 Å². The molecule has 6 nitrogen and oxygen atoms in total. The second-order valence-corrected chi connectivity index (χ2v) is 4.48. The van der Waals surface area contributed by atoms with E-state index in [0.717, 1.165) is 5.69 Å². The Bertz CT molecular complexity index is 422. The van der Waals surface area contributed by atoms with Gasteiger partial charge in [-0.2, -0.15) is 5.10 Å². The zero-order valence-corrected chi connectivity index (χ0v) is 10.1. The van der Waals surface area contributed by atoms with Gasteiger partial charge in [-0.25, -0.2) is 0 Å². The van der Waals surface area contributed by atoms with E-state index in [1.165, 1.54) is 6.20 Å². The Kier molecular flexibility index (Phi) is 3.17. The third-order valence-corrected chi connectivity index (χ3v) is 3.14. The molecule has 94 valence electrons. The second-order valence-electron chi connectivity index (χ2n) is 4.48. The van der Waals surface area contributed by atoms with E-state index in [1.54, 1.807) is 11.7 Å². The van der Waals surface area contributed by atoms with Crippen molar-refractivity contribution in [3.05, 3.63) is 17.5 Å². The number of carbonyl (C=O) groups is 1. The van der Waals surface area contributed by atoms with Crippen molar-refractivity contribution in [2.75, 3.05) is 19.8 Å². The first-order valence-electron chi connectivity index (χ1n) is 5.59. The van der Waals surface area contributed by atoms with Crippen molar-refractivity contribution in [1.82, 2.24) is 15.1 Å². The van der Waals surface area contributed by atoms with E-state index >= 15 is 0 Å². The molecule has 0 radical (unpaired) electrons. The topological polar surface area (TPSA) is 76.4 Å². The van der Waals surface area contributed by atoms with Gasteiger partial charge in [0.25, 0.3) is 5.91 Å². The van der Waals surface area contributed by atoms with Crippen LogP contribution in [0.3, 0.4) is 0 Å². The molecule has 1 unspecified atom stereocenters. The van der Waals surface area contributed by atoms with Crippen molar-refractivity contribution in [2.24, 2.45) is 7.05 Å². The summed E-state index contributed by atoms with van der Waals surface area (Å²) in [5.41, 5.74) is 0.415. The normalized spacial score (nSPS) is 23.9. The molecular formula is C11H17N3O3. The molecular weight excluding hydrogens is 222 g/mol. The molecule has 0 aromatic carbocycles. The first-order chi connectivity index (χ1) is 8.02. The van der Waals surface area contributed by atoms with E-state index < -0.39 is 5.60 Å². The number of hydrogen-bond donors (Lipinski definition) is 2. The molecule has 1 aromatic rings. The lowest BCUT2D eigenvalue weighted by molar-refractivity contribution is 0.0264. The molecule has 1 aliphatic heterocycles. The van der Waals surface area contributed by atoms with Crippen molar-refractivity contribution < 1.29 is 14.6 Å². The average Bonchev–Trinajstić information content (AvgIpc) is 2.86. The van der Waals surface area contributed by atoms with Gasteiger partial charge in [0.05, 0.1) is 18.4 Å². The maximum atomic E-state index is 11.9. The van der Waals surface area contributed by atoms with Crippen LogP contribution in [0.5, 0.6) is 0 Å². The Labute approximate surface area is 99.6 Å². The molecule has 1 atom stereocenters. The Morgan fingerprint density at radius 2 is 2.53 bits per heavy atom. The van der Waals surface area contributed by atoms with E-state index in [1.807, 2.05) is 6.92 Å². The van der Waals surface area contributed by atoms with Crippen LogP contribution in [0.2, 0.25) is 0 Å². The van der Waals surface area contributed by atoms with E-state index in [2.05, 4.69) is 10.4 Å². The summed E-state index contributed by atoms with van der Waals surface area (Å²) in [5.74, 6) is -0.212. The number of rotatable bonds is 3. The van der Waals surface area contributed by atoms with Crippen molar-refractivity contribution in [3.8, 4) is 0 Å². The molecule has 1 aliphatic rings. The molecule has 0 bridgehead atoms. The standard InChI is InChI=1S/C11H17N3O3/c1-8-9(5-13-14(8)2)10(15)12-6-11(16)3-4-17-7-11/h5,16H,3-4,6-7H2,1-2H3,(H,12,15). The molecule has 1 amide bonds. The van der Waals surface area contributed by atoms with Crippen LogP contribution in [0, 0.1) is 6.92 Å². The zero-order chi connectivity index (χ0) is 12.5. The highest BCUT2D eigenvalue weighted by Crippen LogP contribution is 2.17. The fourth-order valence-electron chi connectivity index (χ4n) is 1.80. The Morgan fingerprint density at radius 3 is 3.06 bits per heavy atom. The third-order valence-electron chi connectivity index (χ3n) is 3.14. The van der Waals surface area contributed by atoms with Crippen LogP contribution >= 0.6 is 0 Å². The molecule has 0 saturated carbocycles. The smallest absolute Gasteiger partial charge is 0.254 e. The van der Waals surface area contributed by atoms with Gasteiger partial charge in [0.1, 0.15) is 5.60 Å². The summed E-state index contributed by atoms with van der Waals surface area (Å²) in [6, 6.07) is 0. The largest absolute Gasteiger partial charge is 0.386 e. The maximum Gasteiger partial charge on any atom is 0.254 e. The minimum absolute atomic E-state index is 0.208. The van der Waals surface area contributed by atoms with Crippen LogP contribution in [0.15, 0.2) is 6.20 Å². The first kappa shape index (κ1) is 12.1. The molecule has 2 heterocycles. The number of ether oxygens (including phenoxy) is 1. The summed E-state index contributed by atoms with van der Waals surface area (Å²) < 4.78 is 6.75. The van der Waals surface area contributed by atoms with Gasteiger partial charge >= 0.3 is 0 Å². The third kappa shape index (κ3) is 2.48. The molecule has 17 heavy (non-hydrogen) atoms. The van der Waals surface area contributed by atoms with Gasteiger partial charge in [0, 0.05) is 32.3 Å². The van der Waals surface area contributed by atoms with Crippen LogP contribution in [0.1, 0.15) is 22.5 Å². The summed E-state index contributed by atoms with van der Waals surface area (Å²) >= 11 is 0. The predicted molar refractivity (Wildman–Crippen MR) is 60.7 cm³/mol. The lowest BCUT2D eigenvalue weighted by Gasteiger charge is -2.20. The molecule has 1 aromatic heterocycles. The number of carbonyl (C=O) groups excluding carboxylic acids is 1. The lowest BCUT2D eigenvalue weighted by atomic mass is 10.0. The lowest BCUT2D eigenvalue weighted by Crippen LogP contribution is -2.43. The van der Waals surface area contributed by atoms with Crippen molar-refractivity contribution in [3.63, 3.8) is 0 Å². The monoisotopic (exact) mass is 239 g/mol. The maximum absolute atomic E-state index is 11.9. The molecule has 1 saturated heterocycles. The zero-order valence-electron chi connectivity index (χ0n) is 10.1. The Morgan fingerprint density at radius 1 is 1.76 bits per heavy atom. The van der Waals surface area contributed by atoms with Crippen LogP contribution in [-0.2, 0) is 11.8 Å². The van der Waals surface area contributed by atoms with Crippen LogP contribution < -0.4 is 5.32 Å². The van der Waals surface area contributed by atoms with Crippen LogP contribution in [-0.4, -0.2) is 46.2 Å². The number of nitrogens with zero attached hydrogens (tertiary/aromatic N) is 2. The van der Waals surface area contributed by atoms with E-state index in [0.29, 0.717) is 18.6 Å². The molecule has 2 rings (SSSR count). The summed E-state index contributed by atoms with van der Waals surface area (Å²) in [6.07, 6.45) is 2.08. The highest BCUT2D eigenvalue weighted by atomic mass is 16.5. The minimum Gasteiger partial charge on any atom is -0.386 e. The fourth-order valence-corrected chi connectivity index (χ4v) is 1.80. The number of nitrogens with one attached hydrogen (secondary N) is 1. The van der Waals surface area contributed by atoms with E-state index in [-0.39, 0.29) is 19.1 Å². The Balaban J connectivity index is 1.96. The van der Waals surface area contributed by atoms with Gasteiger partial charge in [-0.1, -0.05) is 0 Å². The highest BCUT2D eigenvalue weighted by molar-refractivity contribution is 5.95. The summed E-state index contributed by atoms with van der Waals surface area (Å²) in [5, 5.41) is 16.7. The van der Waals surface area contributed by atoms with Gasteiger partial charge in [0.15, 0.2) is 0 Å². The number of hydrogen-bond acceptors (Lipinski definition) is 4. The number of aryl methyl sites for hydroxylation is 1. The number of aromatic nitrogens is 2. The van der Waals surface area contributed by atoms with E-state index in [4.69, 9.17) is 4.74 Å². The van der Waals surface area contributed by atoms with Crippen molar-refractivity contribution in [2.45, 2.75) is 18.9 Å². The number of aliphatic hydroxyl groups is 1. The van der Waals surface area contributed by atoms with Crippen molar-refractivity contribution >= 4 is 5.91 Å². The van der Waals surface area contributed by atoms with Gasteiger partial charge in [-0.15, -0.1) is 0 Å². The SMILES string of the molecule is Cc1c(C(=O)NCC2(O)CCOC2)cnn1C. The van der Waals surface area contributed by atoms with Gasteiger partial charge in [-0.05, 0) is 6.92 Å². The molecule has 1 fully saturated rings. The van der Waals surface area contributed by atoms with Gasteiger partial charge < -0.3 is 15.2 Å². The van der Waals surface area contributed by atoms with Gasteiger partial charge in [0.2, 0.25) is 0 Å². The Hall–Kier alpha value is -1.40. The average molecular weight is 239 g/mol. The molecule has 2 N–H and O–H groups in total. The van der Waals surface area contributed by atoms with Crippen molar-refractivity contribution in [1.29, 1.82) is 0 Å². The quantitative estimate of drug-likeness (QED) is 0.753. The van der Waals surface area contributed by atoms with Crippen LogP contribution in [0.25, 0.3) is 0 Å². The minimum atomic E-state index is -0.925.